The van der Waals surface area contributed by atoms with Gasteiger partial charge in [-0.25, -0.2) is 0 Å². The standard InChI is InChI=1S/C11H15BrOS/c1-4-8(5-2)11(13)10-6-9(12)7(3)14-10/h6,8H,4-5H2,1-3H3. The average Bonchev–Trinajstić information content (AvgIpc) is 2.49. The van der Waals surface area contributed by atoms with Crippen molar-refractivity contribution in [2.24, 2.45) is 5.92 Å². The van der Waals surface area contributed by atoms with Crippen molar-refractivity contribution in [1.29, 1.82) is 0 Å². The van der Waals surface area contributed by atoms with E-state index in [9.17, 15) is 4.79 Å². The molecule has 0 unspecified atom stereocenters. The first-order chi connectivity index (χ1) is 6.60. The molecular formula is C11H15BrOS. The predicted molar refractivity (Wildman–Crippen MR) is 65.2 cm³/mol. The van der Waals surface area contributed by atoms with Crippen molar-refractivity contribution in [3.8, 4) is 0 Å². The summed E-state index contributed by atoms with van der Waals surface area (Å²) in [5.41, 5.74) is 0. The van der Waals surface area contributed by atoms with E-state index in [-0.39, 0.29) is 5.92 Å². The maximum absolute atomic E-state index is 12.0. The van der Waals surface area contributed by atoms with E-state index < -0.39 is 0 Å². The fraction of sp³-hybridized carbons (Fsp3) is 0.545. The highest BCUT2D eigenvalue weighted by Crippen LogP contribution is 2.29. The molecule has 0 aliphatic heterocycles. The number of aryl methyl sites for hydroxylation is 1. The molecule has 0 N–H and O–H groups in total. The van der Waals surface area contributed by atoms with Crippen LogP contribution in [0.2, 0.25) is 0 Å². The zero-order chi connectivity index (χ0) is 10.7. The van der Waals surface area contributed by atoms with Crippen LogP contribution in [0.4, 0.5) is 0 Å². The summed E-state index contributed by atoms with van der Waals surface area (Å²) in [5, 5.41) is 0. The van der Waals surface area contributed by atoms with Crippen LogP contribution >= 0.6 is 27.3 Å². The van der Waals surface area contributed by atoms with Gasteiger partial charge in [0.1, 0.15) is 0 Å². The third-order valence-electron chi connectivity index (χ3n) is 2.46. The Hall–Kier alpha value is -0.150. The van der Waals surface area contributed by atoms with Crippen LogP contribution in [0, 0.1) is 12.8 Å². The maximum Gasteiger partial charge on any atom is 0.175 e. The predicted octanol–water partition coefficient (Wildman–Crippen LogP) is 4.44. The first-order valence-electron chi connectivity index (χ1n) is 4.90. The summed E-state index contributed by atoms with van der Waals surface area (Å²) < 4.78 is 1.05. The molecule has 0 amide bonds. The van der Waals surface area contributed by atoms with E-state index in [2.05, 4.69) is 29.8 Å². The van der Waals surface area contributed by atoms with Crippen molar-refractivity contribution in [2.75, 3.05) is 0 Å². The second-order valence-corrected chi connectivity index (χ2v) is 5.50. The van der Waals surface area contributed by atoms with Crippen LogP contribution in [0.5, 0.6) is 0 Å². The van der Waals surface area contributed by atoms with E-state index in [4.69, 9.17) is 0 Å². The molecule has 0 aliphatic carbocycles. The van der Waals surface area contributed by atoms with Crippen LogP contribution in [-0.2, 0) is 0 Å². The molecule has 0 atom stereocenters. The number of rotatable bonds is 4. The summed E-state index contributed by atoms with van der Waals surface area (Å²) in [5.74, 6) is 0.494. The van der Waals surface area contributed by atoms with Gasteiger partial charge in [-0.3, -0.25) is 4.79 Å². The maximum atomic E-state index is 12.0. The SMILES string of the molecule is CCC(CC)C(=O)c1cc(Br)c(C)s1. The number of hydrogen-bond donors (Lipinski definition) is 0. The second-order valence-electron chi connectivity index (χ2n) is 3.39. The third-order valence-corrected chi connectivity index (χ3v) is 4.61. The Balaban J connectivity index is 2.88. The summed E-state index contributed by atoms with van der Waals surface area (Å²) in [6.07, 6.45) is 1.87. The minimum absolute atomic E-state index is 0.194. The fourth-order valence-electron chi connectivity index (χ4n) is 1.44. The monoisotopic (exact) mass is 274 g/mol. The molecule has 0 spiro atoms. The molecule has 1 heterocycles. The molecule has 1 rings (SSSR count). The number of carbonyl (C=O) groups is 1. The number of halogens is 1. The Labute approximate surface area is 97.7 Å². The Bertz CT molecular complexity index is 307. The highest BCUT2D eigenvalue weighted by atomic mass is 79.9. The first-order valence-corrected chi connectivity index (χ1v) is 6.51. The van der Waals surface area contributed by atoms with Gasteiger partial charge in [0.05, 0.1) is 4.88 Å². The molecule has 3 heteroatoms. The van der Waals surface area contributed by atoms with Crippen LogP contribution in [0.25, 0.3) is 0 Å². The average molecular weight is 275 g/mol. The van der Waals surface area contributed by atoms with Crippen LogP contribution in [0.15, 0.2) is 10.5 Å². The number of carbonyl (C=O) groups excluding carboxylic acids is 1. The summed E-state index contributed by atoms with van der Waals surface area (Å²) >= 11 is 5.02. The number of hydrogen-bond acceptors (Lipinski definition) is 2. The Morgan fingerprint density at radius 2 is 2.07 bits per heavy atom. The molecule has 0 saturated heterocycles. The van der Waals surface area contributed by atoms with Crippen molar-refractivity contribution in [1.82, 2.24) is 0 Å². The van der Waals surface area contributed by atoms with Crippen LogP contribution < -0.4 is 0 Å². The summed E-state index contributed by atoms with van der Waals surface area (Å²) in [4.78, 5) is 14.0. The number of ketones is 1. The molecule has 78 valence electrons. The van der Waals surface area contributed by atoms with Crippen LogP contribution in [0.3, 0.4) is 0 Å². The lowest BCUT2D eigenvalue weighted by Crippen LogP contribution is -2.11. The van der Waals surface area contributed by atoms with E-state index in [1.165, 1.54) is 4.88 Å². The van der Waals surface area contributed by atoms with Gasteiger partial charge in [-0.15, -0.1) is 11.3 Å². The lowest BCUT2D eigenvalue weighted by molar-refractivity contribution is 0.0917. The van der Waals surface area contributed by atoms with E-state index in [0.717, 1.165) is 22.2 Å². The molecule has 0 radical (unpaired) electrons. The molecule has 1 nitrogen and oxygen atoms in total. The topological polar surface area (TPSA) is 17.1 Å². The van der Waals surface area contributed by atoms with Crippen LogP contribution in [-0.4, -0.2) is 5.78 Å². The highest BCUT2D eigenvalue weighted by Gasteiger charge is 2.18. The number of Topliss-reactive ketones (excluding diaryl/α,β-unsaturated/α-hetero) is 1. The minimum atomic E-state index is 0.194. The molecule has 0 saturated carbocycles. The lowest BCUT2D eigenvalue weighted by Gasteiger charge is -2.08. The van der Waals surface area contributed by atoms with Gasteiger partial charge in [-0.2, -0.15) is 0 Å². The van der Waals surface area contributed by atoms with E-state index in [1.807, 2.05) is 13.0 Å². The van der Waals surface area contributed by atoms with Crippen LogP contribution in [0.1, 0.15) is 41.2 Å². The van der Waals surface area contributed by atoms with Crippen molar-refractivity contribution < 1.29 is 4.79 Å². The lowest BCUT2D eigenvalue weighted by atomic mass is 9.97. The smallest absolute Gasteiger partial charge is 0.175 e. The molecule has 1 aromatic rings. The largest absolute Gasteiger partial charge is 0.293 e. The third kappa shape index (κ3) is 2.45. The quantitative estimate of drug-likeness (QED) is 0.742. The van der Waals surface area contributed by atoms with Gasteiger partial charge in [0, 0.05) is 15.3 Å². The van der Waals surface area contributed by atoms with Gasteiger partial charge in [0.2, 0.25) is 0 Å². The second kappa shape index (κ2) is 5.08. The zero-order valence-electron chi connectivity index (χ0n) is 8.76. The number of thiophene rings is 1. The molecule has 0 bridgehead atoms. The van der Waals surface area contributed by atoms with Gasteiger partial charge in [0.15, 0.2) is 5.78 Å². The molecule has 1 aromatic heterocycles. The molecule has 0 fully saturated rings. The summed E-state index contributed by atoms with van der Waals surface area (Å²) in [6.45, 7) is 6.17. The zero-order valence-corrected chi connectivity index (χ0v) is 11.2. The molecule has 0 aliphatic rings. The van der Waals surface area contributed by atoms with E-state index in [1.54, 1.807) is 11.3 Å². The van der Waals surface area contributed by atoms with Gasteiger partial charge in [-0.05, 0) is 41.8 Å². The van der Waals surface area contributed by atoms with Gasteiger partial charge < -0.3 is 0 Å². The Morgan fingerprint density at radius 3 is 2.43 bits per heavy atom. The molecular weight excluding hydrogens is 260 g/mol. The Kier molecular flexibility index (Phi) is 4.32. The van der Waals surface area contributed by atoms with E-state index >= 15 is 0 Å². The van der Waals surface area contributed by atoms with Crippen molar-refractivity contribution >= 4 is 33.0 Å². The Morgan fingerprint density at radius 1 is 1.50 bits per heavy atom. The summed E-state index contributed by atoms with van der Waals surface area (Å²) in [6, 6.07) is 1.95. The fourth-order valence-corrected chi connectivity index (χ4v) is 3.00. The molecule has 14 heavy (non-hydrogen) atoms. The normalized spacial score (nSPS) is 10.9. The van der Waals surface area contributed by atoms with E-state index in [0.29, 0.717) is 5.78 Å². The van der Waals surface area contributed by atoms with Crippen molar-refractivity contribution in [3.05, 3.63) is 20.3 Å². The summed E-state index contributed by atoms with van der Waals surface area (Å²) in [7, 11) is 0. The van der Waals surface area contributed by atoms with Gasteiger partial charge >= 0.3 is 0 Å². The first kappa shape index (κ1) is 11.9. The van der Waals surface area contributed by atoms with Gasteiger partial charge in [-0.1, -0.05) is 13.8 Å². The van der Waals surface area contributed by atoms with Gasteiger partial charge in [0.25, 0.3) is 0 Å². The highest BCUT2D eigenvalue weighted by molar-refractivity contribution is 9.10. The molecule has 0 aromatic carbocycles. The minimum Gasteiger partial charge on any atom is -0.293 e. The van der Waals surface area contributed by atoms with Crippen molar-refractivity contribution in [3.63, 3.8) is 0 Å². The van der Waals surface area contributed by atoms with Crippen molar-refractivity contribution in [2.45, 2.75) is 33.6 Å².